The van der Waals surface area contributed by atoms with Crippen LogP contribution in [0.15, 0.2) is 0 Å². The topological polar surface area (TPSA) is 123 Å². The van der Waals surface area contributed by atoms with Gasteiger partial charge in [0.2, 0.25) is 0 Å². The minimum atomic E-state index is -0.953. The van der Waals surface area contributed by atoms with Gasteiger partial charge in [-0.1, -0.05) is 0 Å². The molecule has 0 bridgehead atoms. The summed E-state index contributed by atoms with van der Waals surface area (Å²) in [5.74, 6) is -1.91. The first-order valence-corrected chi connectivity index (χ1v) is 7.69. The third kappa shape index (κ3) is 13.8. The van der Waals surface area contributed by atoms with Crippen LogP contribution in [0.3, 0.4) is 0 Å². The predicted molar refractivity (Wildman–Crippen MR) is 84.0 cm³/mol. The van der Waals surface area contributed by atoms with E-state index in [9.17, 15) is 14.4 Å². The molecule has 2 N–H and O–H groups in total. The summed E-state index contributed by atoms with van der Waals surface area (Å²) in [6, 6.07) is 0. The number of hydrogen-bond donors (Lipinski definition) is 2. The molecule has 0 fully saturated rings. The second-order valence-corrected chi connectivity index (χ2v) is 5.98. The number of carbonyl (C=O) groups excluding carboxylic acids is 1. The van der Waals surface area contributed by atoms with Crippen LogP contribution in [0.2, 0.25) is 0 Å². The van der Waals surface area contributed by atoms with Crippen molar-refractivity contribution in [2.45, 2.75) is 39.2 Å². The van der Waals surface area contributed by atoms with Gasteiger partial charge in [-0.2, -0.15) is 0 Å². The Labute approximate surface area is 141 Å². The summed E-state index contributed by atoms with van der Waals surface area (Å²) in [7, 11) is 0. The Morgan fingerprint density at radius 2 is 1.25 bits per heavy atom. The number of hydrogen-bond acceptors (Lipinski definition) is 6. The second-order valence-electron chi connectivity index (χ2n) is 5.98. The smallest absolute Gasteiger partial charge is 0.410 e. The summed E-state index contributed by atoms with van der Waals surface area (Å²) >= 11 is 0. The van der Waals surface area contributed by atoms with Crippen LogP contribution in [0.4, 0.5) is 4.79 Å². The van der Waals surface area contributed by atoms with Crippen molar-refractivity contribution in [1.82, 2.24) is 4.90 Å². The Balaban J connectivity index is 4.25. The maximum atomic E-state index is 12.1. The molecule has 0 aliphatic carbocycles. The normalized spacial score (nSPS) is 11.1. The van der Waals surface area contributed by atoms with E-state index in [1.807, 2.05) is 0 Å². The molecule has 0 heterocycles. The zero-order valence-corrected chi connectivity index (χ0v) is 14.4. The van der Waals surface area contributed by atoms with Gasteiger partial charge >= 0.3 is 18.0 Å². The molecule has 0 aliphatic heterocycles. The molecule has 0 aromatic rings. The van der Waals surface area contributed by atoms with Gasteiger partial charge in [-0.3, -0.25) is 9.59 Å². The van der Waals surface area contributed by atoms with E-state index in [-0.39, 0.29) is 52.4 Å². The van der Waals surface area contributed by atoms with E-state index in [4.69, 9.17) is 24.4 Å². The van der Waals surface area contributed by atoms with Crippen molar-refractivity contribution < 1.29 is 38.8 Å². The minimum Gasteiger partial charge on any atom is -0.481 e. The predicted octanol–water partition coefficient (Wildman–Crippen LogP) is 1.21. The first-order valence-electron chi connectivity index (χ1n) is 7.69. The Kier molecular flexibility index (Phi) is 10.7. The molecule has 0 unspecified atom stereocenters. The Hall–Kier alpha value is -1.87. The molecule has 9 heteroatoms. The fraction of sp³-hybridized carbons (Fsp3) is 0.800. The third-order valence-corrected chi connectivity index (χ3v) is 2.58. The zero-order valence-electron chi connectivity index (χ0n) is 14.4. The molecule has 0 saturated carbocycles. The maximum Gasteiger partial charge on any atom is 0.410 e. The highest BCUT2D eigenvalue weighted by Crippen LogP contribution is 2.10. The molecule has 0 rings (SSSR count). The van der Waals surface area contributed by atoms with Gasteiger partial charge in [0.25, 0.3) is 0 Å². The van der Waals surface area contributed by atoms with Gasteiger partial charge < -0.3 is 29.3 Å². The SMILES string of the molecule is CC(C)(C)OC(=O)N(CCOCCC(=O)O)CCOCCC(=O)O. The first-order chi connectivity index (χ1) is 11.1. The van der Waals surface area contributed by atoms with Crippen molar-refractivity contribution in [3.8, 4) is 0 Å². The lowest BCUT2D eigenvalue weighted by Gasteiger charge is -2.27. The Bertz CT molecular complexity index is 381. The first kappa shape index (κ1) is 22.1. The number of nitrogens with zero attached hydrogens (tertiary/aromatic N) is 1. The molecule has 0 radical (unpaired) electrons. The number of carboxylic acids is 2. The molecule has 24 heavy (non-hydrogen) atoms. The lowest BCUT2D eigenvalue weighted by Crippen LogP contribution is -2.40. The Morgan fingerprint density at radius 1 is 0.833 bits per heavy atom. The van der Waals surface area contributed by atoms with E-state index in [2.05, 4.69) is 0 Å². The van der Waals surface area contributed by atoms with Gasteiger partial charge in [0, 0.05) is 13.1 Å². The van der Waals surface area contributed by atoms with Crippen LogP contribution in [0.5, 0.6) is 0 Å². The second kappa shape index (κ2) is 11.6. The number of rotatable bonds is 12. The van der Waals surface area contributed by atoms with E-state index in [1.54, 1.807) is 20.8 Å². The minimum absolute atomic E-state index is 0.0621. The van der Waals surface area contributed by atoms with Crippen molar-refractivity contribution in [1.29, 1.82) is 0 Å². The van der Waals surface area contributed by atoms with E-state index in [0.29, 0.717) is 0 Å². The summed E-state index contributed by atoms with van der Waals surface area (Å²) in [5, 5.41) is 17.0. The summed E-state index contributed by atoms with van der Waals surface area (Å²) in [4.78, 5) is 34.3. The average molecular weight is 349 g/mol. The van der Waals surface area contributed by atoms with E-state index in [0.717, 1.165) is 0 Å². The molecular weight excluding hydrogens is 322 g/mol. The van der Waals surface area contributed by atoms with Crippen LogP contribution in [0.1, 0.15) is 33.6 Å². The fourth-order valence-electron chi connectivity index (χ4n) is 1.49. The zero-order chi connectivity index (χ0) is 18.6. The van der Waals surface area contributed by atoms with E-state index < -0.39 is 23.6 Å². The molecular formula is C15H27NO8. The molecule has 0 aromatic carbocycles. The number of aliphatic carboxylic acids is 2. The highest BCUT2D eigenvalue weighted by molar-refractivity contribution is 5.68. The molecule has 0 atom stereocenters. The van der Waals surface area contributed by atoms with Crippen LogP contribution >= 0.6 is 0 Å². The highest BCUT2D eigenvalue weighted by Gasteiger charge is 2.21. The van der Waals surface area contributed by atoms with Gasteiger partial charge in [0.1, 0.15) is 5.60 Å². The monoisotopic (exact) mass is 349 g/mol. The fourth-order valence-corrected chi connectivity index (χ4v) is 1.49. The van der Waals surface area contributed by atoms with Crippen LogP contribution < -0.4 is 0 Å². The van der Waals surface area contributed by atoms with Crippen LogP contribution in [-0.2, 0) is 23.8 Å². The van der Waals surface area contributed by atoms with Crippen molar-refractivity contribution in [2.24, 2.45) is 0 Å². The van der Waals surface area contributed by atoms with Gasteiger partial charge in [-0.05, 0) is 20.8 Å². The largest absolute Gasteiger partial charge is 0.481 e. The van der Waals surface area contributed by atoms with Gasteiger partial charge in [0.05, 0.1) is 39.3 Å². The molecule has 0 saturated heterocycles. The van der Waals surface area contributed by atoms with Crippen LogP contribution in [-0.4, -0.2) is 78.3 Å². The number of carbonyl (C=O) groups is 3. The standard InChI is InChI=1S/C15H27NO8/c1-15(2,3)24-14(21)16(6-10-22-8-4-12(17)18)7-11-23-9-5-13(19)20/h4-11H2,1-3H3,(H,17,18)(H,19,20). The summed E-state index contributed by atoms with van der Waals surface area (Å²) in [5.41, 5.74) is -0.649. The Morgan fingerprint density at radius 3 is 1.58 bits per heavy atom. The number of carboxylic acid groups (broad SMARTS) is 2. The molecule has 0 spiro atoms. The van der Waals surface area contributed by atoms with Crippen molar-refractivity contribution in [2.75, 3.05) is 39.5 Å². The number of ether oxygens (including phenoxy) is 3. The van der Waals surface area contributed by atoms with Crippen molar-refractivity contribution in [3.63, 3.8) is 0 Å². The third-order valence-electron chi connectivity index (χ3n) is 2.58. The van der Waals surface area contributed by atoms with Crippen LogP contribution in [0.25, 0.3) is 0 Å². The molecule has 0 aliphatic rings. The van der Waals surface area contributed by atoms with Gasteiger partial charge in [-0.15, -0.1) is 0 Å². The lowest BCUT2D eigenvalue weighted by molar-refractivity contribution is -0.139. The summed E-state index contributed by atoms with van der Waals surface area (Å²) in [6.07, 6.45) is -0.749. The quantitative estimate of drug-likeness (QED) is 0.504. The van der Waals surface area contributed by atoms with E-state index in [1.165, 1.54) is 4.90 Å². The van der Waals surface area contributed by atoms with Crippen molar-refractivity contribution in [3.05, 3.63) is 0 Å². The van der Waals surface area contributed by atoms with E-state index >= 15 is 0 Å². The molecule has 140 valence electrons. The molecule has 1 amide bonds. The molecule has 9 nitrogen and oxygen atoms in total. The summed E-state index contributed by atoms with van der Waals surface area (Å²) in [6.45, 7) is 6.14. The van der Waals surface area contributed by atoms with Crippen LogP contribution in [0, 0.1) is 0 Å². The lowest BCUT2D eigenvalue weighted by atomic mass is 10.2. The maximum absolute atomic E-state index is 12.1. The summed E-state index contributed by atoms with van der Waals surface area (Å²) < 4.78 is 15.6. The highest BCUT2D eigenvalue weighted by atomic mass is 16.6. The van der Waals surface area contributed by atoms with Gasteiger partial charge in [0.15, 0.2) is 0 Å². The van der Waals surface area contributed by atoms with Crippen molar-refractivity contribution >= 4 is 18.0 Å². The number of amides is 1. The molecule has 0 aromatic heterocycles. The van der Waals surface area contributed by atoms with Gasteiger partial charge in [-0.25, -0.2) is 4.79 Å². The average Bonchev–Trinajstić information content (AvgIpc) is 2.41.